The first-order chi connectivity index (χ1) is 9.49. The summed E-state index contributed by atoms with van der Waals surface area (Å²) in [7, 11) is 0. The summed E-state index contributed by atoms with van der Waals surface area (Å²) in [5, 5.41) is 8.77. The Hall–Kier alpha value is -2.81. The smallest absolute Gasteiger partial charge is 0.254 e. The second-order valence-corrected chi connectivity index (χ2v) is 4.59. The number of nitrogens with zero attached hydrogens (tertiary/aromatic N) is 2. The second-order valence-electron chi connectivity index (χ2n) is 4.59. The summed E-state index contributed by atoms with van der Waals surface area (Å²) in [5.41, 5.74) is 6.26. The van der Waals surface area contributed by atoms with Crippen LogP contribution in [0.4, 0.5) is 5.69 Å². The van der Waals surface area contributed by atoms with Crippen LogP contribution in [0.1, 0.15) is 31.2 Å². The molecule has 1 aromatic carbocycles. The molecule has 0 aliphatic carbocycles. The van der Waals surface area contributed by atoms with E-state index in [1.165, 1.54) is 12.1 Å². The first-order valence-electron chi connectivity index (χ1n) is 6.08. The molecular formula is C14H14N4O2. The number of nitrogen functional groups attached to an aromatic ring is 1. The lowest BCUT2D eigenvalue weighted by atomic mass is 10.2. The third-order valence-electron chi connectivity index (χ3n) is 2.64. The maximum Gasteiger partial charge on any atom is 0.254 e. The van der Waals surface area contributed by atoms with E-state index >= 15 is 0 Å². The van der Waals surface area contributed by atoms with Crippen molar-refractivity contribution < 1.29 is 4.74 Å². The van der Waals surface area contributed by atoms with Gasteiger partial charge in [-0.3, -0.25) is 4.79 Å². The van der Waals surface area contributed by atoms with Crippen molar-refractivity contribution in [3.8, 4) is 17.7 Å². The van der Waals surface area contributed by atoms with Crippen LogP contribution in [0.15, 0.2) is 29.1 Å². The average Bonchev–Trinajstić information content (AvgIpc) is 2.40. The number of anilines is 1. The average molecular weight is 270 g/mol. The second kappa shape index (κ2) is 5.45. The van der Waals surface area contributed by atoms with E-state index in [9.17, 15) is 4.79 Å². The van der Waals surface area contributed by atoms with Crippen molar-refractivity contribution in [3.63, 3.8) is 0 Å². The van der Waals surface area contributed by atoms with E-state index in [4.69, 9.17) is 15.7 Å². The van der Waals surface area contributed by atoms with Crippen molar-refractivity contribution in [1.82, 2.24) is 9.97 Å². The number of hydrogen-bond donors (Lipinski definition) is 2. The topological polar surface area (TPSA) is 105 Å². The molecule has 0 saturated heterocycles. The number of aromatic nitrogens is 2. The van der Waals surface area contributed by atoms with Crippen LogP contribution < -0.4 is 16.0 Å². The highest BCUT2D eigenvalue weighted by atomic mass is 16.5. The Balaban J connectivity index is 2.35. The third-order valence-corrected chi connectivity index (χ3v) is 2.64. The van der Waals surface area contributed by atoms with Gasteiger partial charge in [0.1, 0.15) is 5.82 Å². The van der Waals surface area contributed by atoms with Crippen molar-refractivity contribution in [1.29, 1.82) is 5.26 Å². The Bertz CT molecular complexity index is 729. The van der Waals surface area contributed by atoms with Gasteiger partial charge >= 0.3 is 0 Å². The summed E-state index contributed by atoms with van der Waals surface area (Å²) in [6, 6.07) is 7.91. The lowest BCUT2D eigenvalue weighted by Crippen LogP contribution is -2.12. The molecule has 2 rings (SSSR count). The van der Waals surface area contributed by atoms with Gasteiger partial charge in [-0.15, -0.1) is 0 Å². The lowest BCUT2D eigenvalue weighted by molar-refractivity contribution is 0.458. The zero-order chi connectivity index (χ0) is 14.7. The summed E-state index contributed by atoms with van der Waals surface area (Å²) < 4.78 is 5.51. The van der Waals surface area contributed by atoms with E-state index < -0.39 is 0 Å². The lowest BCUT2D eigenvalue weighted by Gasteiger charge is -2.09. The standard InChI is InChI=1S/C14H14N4O2/c1-8(2)14-17-12(19)6-13(18-14)20-11-4-3-9(7-15)5-10(11)16/h3-6,8H,16H2,1-2H3,(H,17,18,19). The van der Waals surface area contributed by atoms with Gasteiger partial charge in [0, 0.05) is 5.92 Å². The van der Waals surface area contributed by atoms with Crippen molar-refractivity contribution in [3.05, 3.63) is 46.0 Å². The van der Waals surface area contributed by atoms with Gasteiger partial charge in [0.05, 0.1) is 23.4 Å². The number of H-pyrrole nitrogens is 1. The molecule has 6 nitrogen and oxygen atoms in total. The predicted octanol–water partition coefficient (Wildman–Crippen LogP) is 2.14. The molecule has 0 saturated carbocycles. The molecular weight excluding hydrogens is 256 g/mol. The Morgan fingerprint density at radius 3 is 2.75 bits per heavy atom. The molecule has 20 heavy (non-hydrogen) atoms. The SMILES string of the molecule is CC(C)c1nc(Oc2ccc(C#N)cc2N)cc(=O)[nH]1. The first kappa shape index (κ1) is 13.6. The summed E-state index contributed by atoms with van der Waals surface area (Å²) in [5.74, 6) is 1.15. The number of ether oxygens (including phenoxy) is 1. The quantitative estimate of drug-likeness (QED) is 0.831. The van der Waals surface area contributed by atoms with Gasteiger partial charge in [-0.1, -0.05) is 13.8 Å². The van der Waals surface area contributed by atoms with E-state index in [1.54, 1.807) is 12.1 Å². The molecule has 6 heteroatoms. The molecule has 0 aliphatic rings. The highest BCUT2D eigenvalue weighted by Crippen LogP contribution is 2.26. The number of nitrogens with one attached hydrogen (secondary N) is 1. The number of nitriles is 1. The van der Waals surface area contributed by atoms with Crippen LogP contribution in [0.5, 0.6) is 11.6 Å². The summed E-state index contributed by atoms with van der Waals surface area (Å²) in [6.45, 7) is 3.83. The normalized spacial score (nSPS) is 10.3. The van der Waals surface area contributed by atoms with Gasteiger partial charge in [0.15, 0.2) is 5.75 Å². The van der Waals surface area contributed by atoms with Crippen molar-refractivity contribution >= 4 is 5.69 Å². The van der Waals surface area contributed by atoms with Crippen LogP contribution in [-0.2, 0) is 0 Å². The van der Waals surface area contributed by atoms with E-state index in [-0.39, 0.29) is 17.4 Å². The minimum absolute atomic E-state index is 0.0737. The van der Waals surface area contributed by atoms with Crippen molar-refractivity contribution in [2.45, 2.75) is 19.8 Å². The maximum atomic E-state index is 11.5. The summed E-state index contributed by atoms with van der Waals surface area (Å²) in [4.78, 5) is 18.4. The van der Waals surface area contributed by atoms with E-state index in [1.807, 2.05) is 19.9 Å². The fourth-order valence-electron chi connectivity index (χ4n) is 1.60. The molecule has 3 N–H and O–H groups in total. The molecule has 1 aromatic heterocycles. The van der Waals surface area contributed by atoms with Gasteiger partial charge in [0.25, 0.3) is 5.56 Å². The Labute approximate surface area is 115 Å². The van der Waals surface area contributed by atoms with Crippen LogP contribution in [0.3, 0.4) is 0 Å². The van der Waals surface area contributed by atoms with Gasteiger partial charge < -0.3 is 15.5 Å². The number of nitrogens with two attached hydrogens (primary N) is 1. The van der Waals surface area contributed by atoms with E-state index in [2.05, 4.69) is 9.97 Å². The van der Waals surface area contributed by atoms with E-state index in [0.29, 0.717) is 22.8 Å². The molecule has 0 fully saturated rings. The molecule has 0 amide bonds. The molecule has 102 valence electrons. The van der Waals surface area contributed by atoms with Crippen LogP contribution in [0.25, 0.3) is 0 Å². The van der Waals surface area contributed by atoms with Gasteiger partial charge in [-0.05, 0) is 18.2 Å². The molecule has 0 radical (unpaired) electrons. The highest BCUT2D eigenvalue weighted by molar-refractivity contribution is 5.57. The number of benzene rings is 1. The van der Waals surface area contributed by atoms with Crippen LogP contribution >= 0.6 is 0 Å². The minimum atomic E-state index is -0.286. The first-order valence-corrected chi connectivity index (χ1v) is 6.08. The molecule has 0 aliphatic heterocycles. The van der Waals surface area contributed by atoms with Crippen LogP contribution in [0, 0.1) is 11.3 Å². The monoisotopic (exact) mass is 270 g/mol. The fraction of sp³-hybridized carbons (Fsp3) is 0.214. The molecule has 0 spiro atoms. The molecule has 0 atom stereocenters. The van der Waals surface area contributed by atoms with Crippen LogP contribution in [0.2, 0.25) is 0 Å². The summed E-state index contributed by atoms with van der Waals surface area (Å²) >= 11 is 0. The molecule has 2 aromatic rings. The molecule has 1 heterocycles. The van der Waals surface area contributed by atoms with Crippen molar-refractivity contribution in [2.75, 3.05) is 5.73 Å². The van der Waals surface area contributed by atoms with Crippen molar-refractivity contribution in [2.24, 2.45) is 0 Å². The zero-order valence-electron chi connectivity index (χ0n) is 11.2. The minimum Gasteiger partial charge on any atom is -0.437 e. The predicted molar refractivity (Wildman–Crippen MR) is 74.6 cm³/mol. The van der Waals surface area contributed by atoms with Crippen LogP contribution in [-0.4, -0.2) is 9.97 Å². The summed E-state index contributed by atoms with van der Waals surface area (Å²) in [6.07, 6.45) is 0. The highest BCUT2D eigenvalue weighted by Gasteiger charge is 2.09. The molecule has 0 bridgehead atoms. The zero-order valence-corrected chi connectivity index (χ0v) is 11.2. The molecule has 0 unspecified atom stereocenters. The maximum absolute atomic E-state index is 11.5. The van der Waals surface area contributed by atoms with E-state index in [0.717, 1.165) is 0 Å². The van der Waals surface area contributed by atoms with Gasteiger partial charge in [0.2, 0.25) is 5.88 Å². The number of hydrogen-bond acceptors (Lipinski definition) is 5. The Morgan fingerprint density at radius 1 is 1.40 bits per heavy atom. The van der Waals surface area contributed by atoms with Gasteiger partial charge in [-0.25, -0.2) is 0 Å². The largest absolute Gasteiger partial charge is 0.437 e. The fourth-order valence-corrected chi connectivity index (χ4v) is 1.60. The number of rotatable bonds is 3. The van der Waals surface area contributed by atoms with Gasteiger partial charge in [-0.2, -0.15) is 10.2 Å². The number of aromatic amines is 1. The Kier molecular flexibility index (Phi) is 3.71. The third kappa shape index (κ3) is 2.95. The Morgan fingerprint density at radius 2 is 2.15 bits per heavy atom.